The summed E-state index contributed by atoms with van der Waals surface area (Å²) in [4.78, 5) is 0. The van der Waals surface area contributed by atoms with Gasteiger partial charge in [-0.15, -0.1) is 0 Å². The number of aliphatic hydroxyl groups is 1. The van der Waals surface area contributed by atoms with Crippen molar-refractivity contribution >= 4 is 0 Å². The van der Waals surface area contributed by atoms with Crippen molar-refractivity contribution in [3.05, 3.63) is 35.8 Å². The molecule has 0 aliphatic rings. The monoisotopic (exact) mass is 166 g/mol. The van der Waals surface area contributed by atoms with Gasteiger partial charge in [-0.05, 0) is 25.5 Å². The summed E-state index contributed by atoms with van der Waals surface area (Å²) < 4.78 is 5.37. The van der Waals surface area contributed by atoms with Crippen molar-refractivity contribution < 1.29 is 9.52 Å². The van der Waals surface area contributed by atoms with Gasteiger partial charge in [0.05, 0.1) is 6.61 Å². The van der Waals surface area contributed by atoms with Crippen LogP contribution in [0.15, 0.2) is 28.7 Å². The van der Waals surface area contributed by atoms with Crippen molar-refractivity contribution in [3.63, 3.8) is 0 Å². The quantitative estimate of drug-likeness (QED) is 0.694. The van der Waals surface area contributed by atoms with Gasteiger partial charge in [-0.1, -0.05) is 12.2 Å². The van der Waals surface area contributed by atoms with Crippen molar-refractivity contribution in [2.75, 3.05) is 6.61 Å². The Labute approximate surface area is 72.5 Å². The standard InChI is InChI=1S/C10H14O2/c1-9-6-7-10(12-9)5-3-2-4-8-11/h2,4,6-7,11H,3,5,8H2,1H3/b4-2+. The Morgan fingerprint density at radius 1 is 1.42 bits per heavy atom. The Balaban J connectivity index is 2.28. The van der Waals surface area contributed by atoms with E-state index in [1.165, 1.54) is 0 Å². The lowest BCUT2D eigenvalue weighted by atomic mass is 10.2. The Bertz CT molecular complexity index is 248. The summed E-state index contributed by atoms with van der Waals surface area (Å²) in [6.45, 7) is 2.06. The molecule has 0 bridgehead atoms. The van der Waals surface area contributed by atoms with Crippen LogP contribution in [0.3, 0.4) is 0 Å². The molecule has 0 amide bonds. The summed E-state index contributed by atoms with van der Waals surface area (Å²) >= 11 is 0. The number of furan rings is 1. The molecule has 0 fully saturated rings. The van der Waals surface area contributed by atoms with Crippen LogP contribution in [0.25, 0.3) is 0 Å². The van der Waals surface area contributed by atoms with Gasteiger partial charge >= 0.3 is 0 Å². The van der Waals surface area contributed by atoms with Crippen molar-refractivity contribution in [2.45, 2.75) is 19.8 Å². The van der Waals surface area contributed by atoms with E-state index < -0.39 is 0 Å². The predicted octanol–water partition coefficient (Wildman–Crippen LogP) is 2.07. The zero-order valence-corrected chi connectivity index (χ0v) is 7.29. The third-order valence-corrected chi connectivity index (χ3v) is 1.63. The molecule has 2 heteroatoms. The lowest BCUT2D eigenvalue weighted by molar-refractivity contribution is 0.342. The number of aryl methyl sites for hydroxylation is 2. The maximum atomic E-state index is 8.46. The molecule has 1 aromatic rings. The topological polar surface area (TPSA) is 33.4 Å². The molecule has 0 aromatic carbocycles. The van der Waals surface area contributed by atoms with Crippen LogP contribution in [-0.4, -0.2) is 11.7 Å². The van der Waals surface area contributed by atoms with Crippen LogP contribution >= 0.6 is 0 Å². The molecule has 1 rings (SSSR count). The molecule has 0 spiro atoms. The Morgan fingerprint density at radius 3 is 2.83 bits per heavy atom. The fourth-order valence-corrected chi connectivity index (χ4v) is 1.04. The highest BCUT2D eigenvalue weighted by atomic mass is 16.3. The largest absolute Gasteiger partial charge is 0.466 e. The lowest BCUT2D eigenvalue weighted by Crippen LogP contribution is -1.79. The van der Waals surface area contributed by atoms with E-state index in [1.807, 2.05) is 25.1 Å². The van der Waals surface area contributed by atoms with Crippen LogP contribution < -0.4 is 0 Å². The summed E-state index contributed by atoms with van der Waals surface area (Å²) in [6, 6.07) is 3.95. The van der Waals surface area contributed by atoms with Crippen LogP contribution in [0.2, 0.25) is 0 Å². The number of hydrogen-bond acceptors (Lipinski definition) is 2. The van der Waals surface area contributed by atoms with E-state index in [1.54, 1.807) is 6.08 Å². The molecule has 0 aliphatic carbocycles. The Hall–Kier alpha value is -1.02. The zero-order valence-electron chi connectivity index (χ0n) is 7.29. The van der Waals surface area contributed by atoms with E-state index >= 15 is 0 Å². The fourth-order valence-electron chi connectivity index (χ4n) is 1.04. The van der Waals surface area contributed by atoms with Crippen LogP contribution in [0.5, 0.6) is 0 Å². The van der Waals surface area contributed by atoms with Gasteiger partial charge in [0.1, 0.15) is 11.5 Å². The molecule has 0 radical (unpaired) electrons. The van der Waals surface area contributed by atoms with E-state index in [9.17, 15) is 0 Å². The summed E-state index contributed by atoms with van der Waals surface area (Å²) in [5, 5.41) is 8.46. The summed E-state index contributed by atoms with van der Waals surface area (Å²) in [5.74, 6) is 1.96. The molecule has 2 nitrogen and oxygen atoms in total. The maximum absolute atomic E-state index is 8.46. The zero-order chi connectivity index (χ0) is 8.81. The smallest absolute Gasteiger partial charge is 0.104 e. The first-order valence-electron chi connectivity index (χ1n) is 4.14. The second kappa shape index (κ2) is 4.78. The van der Waals surface area contributed by atoms with Gasteiger partial charge in [-0.3, -0.25) is 0 Å². The highest BCUT2D eigenvalue weighted by molar-refractivity contribution is 5.06. The van der Waals surface area contributed by atoms with Crippen molar-refractivity contribution in [3.8, 4) is 0 Å². The summed E-state index contributed by atoms with van der Waals surface area (Å²) in [5.41, 5.74) is 0. The van der Waals surface area contributed by atoms with Gasteiger partial charge in [0, 0.05) is 6.42 Å². The highest BCUT2D eigenvalue weighted by Crippen LogP contribution is 2.08. The van der Waals surface area contributed by atoms with E-state index in [2.05, 4.69) is 0 Å². The van der Waals surface area contributed by atoms with Gasteiger partial charge in [0.15, 0.2) is 0 Å². The van der Waals surface area contributed by atoms with E-state index in [-0.39, 0.29) is 6.61 Å². The van der Waals surface area contributed by atoms with Gasteiger partial charge in [-0.25, -0.2) is 0 Å². The molecule has 0 saturated heterocycles. The van der Waals surface area contributed by atoms with Gasteiger partial charge in [-0.2, -0.15) is 0 Å². The van der Waals surface area contributed by atoms with E-state index in [0.29, 0.717) is 0 Å². The highest BCUT2D eigenvalue weighted by Gasteiger charge is 1.95. The normalized spacial score (nSPS) is 11.2. The molecule has 1 N–H and O–H groups in total. The lowest BCUT2D eigenvalue weighted by Gasteiger charge is -1.90. The molecule has 12 heavy (non-hydrogen) atoms. The molecular formula is C10H14O2. The molecule has 0 atom stereocenters. The molecule has 0 aliphatic heterocycles. The Morgan fingerprint density at radius 2 is 2.25 bits per heavy atom. The second-order valence-electron chi connectivity index (χ2n) is 2.71. The van der Waals surface area contributed by atoms with Crippen LogP contribution in [-0.2, 0) is 6.42 Å². The molecule has 66 valence electrons. The van der Waals surface area contributed by atoms with Gasteiger partial charge in [0.2, 0.25) is 0 Å². The first-order valence-corrected chi connectivity index (χ1v) is 4.14. The number of rotatable bonds is 4. The van der Waals surface area contributed by atoms with Gasteiger partial charge < -0.3 is 9.52 Å². The SMILES string of the molecule is Cc1ccc(CC/C=C/CO)o1. The molecular weight excluding hydrogens is 152 g/mol. The number of hydrogen-bond donors (Lipinski definition) is 1. The van der Waals surface area contributed by atoms with Crippen molar-refractivity contribution in [1.82, 2.24) is 0 Å². The van der Waals surface area contributed by atoms with Gasteiger partial charge in [0.25, 0.3) is 0 Å². The average Bonchev–Trinajstić information content (AvgIpc) is 2.45. The third-order valence-electron chi connectivity index (χ3n) is 1.63. The van der Waals surface area contributed by atoms with Crippen LogP contribution in [0.4, 0.5) is 0 Å². The maximum Gasteiger partial charge on any atom is 0.104 e. The van der Waals surface area contributed by atoms with Crippen LogP contribution in [0.1, 0.15) is 17.9 Å². The predicted molar refractivity (Wildman–Crippen MR) is 48.0 cm³/mol. The van der Waals surface area contributed by atoms with Crippen LogP contribution in [0, 0.1) is 6.92 Å². The molecule has 1 aromatic heterocycles. The first-order chi connectivity index (χ1) is 5.83. The first kappa shape index (κ1) is 9.07. The Kier molecular flexibility index (Phi) is 3.61. The number of aliphatic hydroxyl groups excluding tert-OH is 1. The van der Waals surface area contributed by atoms with Crippen molar-refractivity contribution in [1.29, 1.82) is 0 Å². The van der Waals surface area contributed by atoms with Crippen molar-refractivity contribution in [2.24, 2.45) is 0 Å². The fraction of sp³-hybridized carbons (Fsp3) is 0.400. The van der Waals surface area contributed by atoms with E-state index in [0.717, 1.165) is 24.4 Å². The summed E-state index contributed by atoms with van der Waals surface area (Å²) in [7, 11) is 0. The minimum Gasteiger partial charge on any atom is -0.466 e. The molecule has 0 saturated carbocycles. The summed E-state index contributed by atoms with van der Waals surface area (Å²) in [6.07, 6.45) is 5.53. The number of allylic oxidation sites excluding steroid dienone is 1. The van der Waals surface area contributed by atoms with E-state index in [4.69, 9.17) is 9.52 Å². The minimum absolute atomic E-state index is 0.122. The molecule has 0 unspecified atom stereocenters. The second-order valence-corrected chi connectivity index (χ2v) is 2.71. The molecule has 1 heterocycles. The third kappa shape index (κ3) is 2.93. The minimum atomic E-state index is 0.122. The average molecular weight is 166 g/mol.